The third-order valence-electron chi connectivity index (χ3n) is 3.00. The standard InChI is InChI=1S/C10H20N2O/c1-7(8(2)11)9(13)12-6-10(3)4-5-10/h7-8H,4-6,11H2,1-3H3,(H,12,13). The molecule has 0 saturated heterocycles. The average molecular weight is 184 g/mol. The lowest BCUT2D eigenvalue weighted by molar-refractivity contribution is -0.125. The minimum absolute atomic E-state index is 0.0630. The van der Waals surface area contributed by atoms with E-state index in [0.29, 0.717) is 5.41 Å². The van der Waals surface area contributed by atoms with Gasteiger partial charge in [0.1, 0.15) is 0 Å². The van der Waals surface area contributed by atoms with Gasteiger partial charge < -0.3 is 11.1 Å². The molecule has 3 N–H and O–H groups in total. The minimum atomic E-state index is -0.0812. The fourth-order valence-corrected chi connectivity index (χ4v) is 1.09. The summed E-state index contributed by atoms with van der Waals surface area (Å²) in [5.41, 5.74) is 6.01. The number of nitrogens with one attached hydrogen (secondary N) is 1. The SMILES string of the molecule is CC(N)C(C)C(=O)NCC1(C)CC1. The van der Waals surface area contributed by atoms with Crippen molar-refractivity contribution >= 4 is 5.91 Å². The molecule has 0 bridgehead atoms. The van der Waals surface area contributed by atoms with E-state index in [-0.39, 0.29) is 17.9 Å². The van der Waals surface area contributed by atoms with Crippen LogP contribution < -0.4 is 11.1 Å². The van der Waals surface area contributed by atoms with Crippen LogP contribution >= 0.6 is 0 Å². The second-order valence-electron chi connectivity index (χ2n) is 4.68. The van der Waals surface area contributed by atoms with Crippen LogP contribution in [-0.2, 0) is 4.79 Å². The monoisotopic (exact) mass is 184 g/mol. The molecule has 0 spiro atoms. The van der Waals surface area contributed by atoms with Crippen molar-refractivity contribution in [1.29, 1.82) is 0 Å². The highest BCUT2D eigenvalue weighted by Gasteiger charge is 2.37. The lowest BCUT2D eigenvalue weighted by Crippen LogP contribution is -2.40. The lowest BCUT2D eigenvalue weighted by atomic mass is 10.0. The number of nitrogens with two attached hydrogens (primary N) is 1. The Labute approximate surface area is 80.1 Å². The zero-order valence-electron chi connectivity index (χ0n) is 8.76. The third kappa shape index (κ3) is 2.99. The Morgan fingerprint density at radius 2 is 2.08 bits per heavy atom. The van der Waals surface area contributed by atoms with Crippen LogP contribution in [0.5, 0.6) is 0 Å². The lowest BCUT2D eigenvalue weighted by Gasteiger charge is -2.17. The Morgan fingerprint density at radius 3 is 2.46 bits per heavy atom. The first-order chi connectivity index (χ1) is 5.94. The fourth-order valence-electron chi connectivity index (χ4n) is 1.09. The van der Waals surface area contributed by atoms with E-state index in [9.17, 15) is 4.79 Å². The number of amides is 1. The van der Waals surface area contributed by atoms with Crippen LogP contribution in [0.2, 0.25) is 0 Å². The summed E-state index contributed by atoms with van der Waals surface area (Å²) in [7, 11) is 0. The first kappa shape index (κ1) is 10.5. The summed E-state index contributed by atoms with van der Waals surface area (Å²) in [6.07, 6.45) is 2.47. The van der Waals surface area contributed by atoms with Crippen molar-refractivity contribution in [1.82, 2.24) is 5.32 Å². The Balaban J connectivity index is 2.24. The molecular formula is C10H20N2O. The Morgan fingerprint density at radius 1 is 1.54 bits per heavy atom. The van der Waals surface area contributed by atoms with Gasteiger partial charge >= 0.3 is 0 Å². The molecule has 1 aliphatic carbocycles. The molecule has 2 unspecified atom stereocenters. The summed E-state index contributed by atoms with van der Waals surface area (Å²) >= 11 is 0. The maximum atomic E-state index is 11.5. The van der Waals surface area contributed by atoms with Crippen molar-refractivity contribution in [3.8, 4) is 0 Å². The predicted molar refractivity (Wildman–Crippen MR) is 53.2 cm³/mol. The molecule has 3 heteroatoms. The molecule has 13 heavy (non-hydrogen) atoms. The molecule has 0 aliphatic heterocycles. The van der Waals surface area contributed by atoms with Gasteiger partial charge in [-0.2, -0.15) is 0 Å². The summed E-state index contributed by atoms with van der Waals surface area (Å²) in [5, 5.41) is 2.95. The molecule has 1 amide bonds. The molecule has 0 radical (unpaired) electrons. The summed E-state index contributed by atoms with van der Waals surface area (Å²) in [5.74, 6) is 0.00507. The maximum Gasteiger partial charge on any atom is 0.224 e. The smallest absolute Gasteiger partial charge is 0.224 e. The van der Waals surface area contributed by atoms with Gasteiger partial charge in [-0.05, 0) is 25.2 Å². The van der Waals surface area contributed by atoms with E-state index in [2.05, 4.69) is 12.2 Å². The van der Waals surface area contributed by atoms with E-state index >= 15 is 0 Å². The van der Waals surface area contributed by atoms with Crippen LogP contribution in [0.3, 0.4) is 0 Å². The first-order valence-corrected chi connectivity index (χ1v) is 4.98. The Kier molecular flexibility index (Phi) is 2.96. The molecule has 0 aromatic rings. The number of hydrogen-bond acceptors (Lipinski definition) is 2. The molecule has 0 aromatic heterocycles. The number of carbonyl (C=O) groups excluding carboxylic acids is 1. The van der Waals surface area contributed by atoms with Crippen molar-refractivity contribution in [3.63, 3.8) is 0 Å². The van der Waals surface area contributed by atoms with Crippen molar-refractivity contribution in [3.05, 3.63) is 0 Å². The fraction of sp³-hybridized carbons (Fsp3) is 0.900. The molecule has 0 aromatic carbocycles. The zero-order valence-corrected chi connectivity index (χ0v) is 8.76. The molecule has 76 valence electrons. The van der Waals surface area contributed by atoms with Gasteiger partial charge in [-0.25, -0.2) is 0 Å². The molecule has 1 fully saturated rings. The number of hydrogen-bond donors (Lipinski definition) is 2. The second-order valence-corrected chi connectivity index (χ2v) is 4.68. The summed E-state index contributed by atoms with van der Waals surface area (Å²) in [6, 6.07) is -0.0630. The molecular weight excluding hydrogens is 164 g/mol. The van der Waals surface area contributed by atoms with E-state index in [1.54, 1.807) is 0 Å². The normalized spacial score (nSPS) is 23.4. The van der Waals surface area contributed by atoms with E-state index in [1.807, 2.05) is 13.8 Å². The Bertz CT molecular complexity index is 197. The van der Waals surface area contributed by atoms with Gasteiger partial charge in [0.05, 0.1) is 0 Å². The highest BCUT2D eigenvalue weighted by Crippen LogP contribution is 2.44. The van der Waals surface area contributed by atoms with Crippen LogP contribution in [0.25, 0.3) is 0 Å². The van der Waals surface area contributed by atoms with Crippen molar-refractivity contribution in [2.45, 2.75) is 39.7 Å². The first-order valence-electron chi connectivity index (χ1n) is 4.98. The largest absolute Gasteiger partial charge is 0.355 e. The van der Waals surface area contributed by atoms with Gasteiger partial charge in [-0.1, -0.05) is 13.8 Å². The van der Waals surface area contributed by atoms with E-state index in [0.717, 1.165) is 6.54 Å². The number of rotatable bonds is 4. The maximum absolute atomic E-state index is 11.5. The van der Waals surface area contributed by atoms with Crippen LogP contribution in [0.15, 0.2) is 0 Å². The molecule has 2 atom stereocenters. The van der Waals surface area contributed by atoms with Gasteiger partial charge in [0, 0.05) is 18.5 Å². The quantitative estimate of drug-likeness (QED) is 0.681. The summed E-state index contributed by atoms with van der Waals surface area (Å²) in [4.78, 5) is 11.5. The number of carbonyl (C=O) groups is 1. The molecule has 3 nitrogen and oxygen atoms in total. The second kappa shape index (κ2) is 3.66. The van der Waals surface area contributed by atoms with E-state index < -0.39 is 0 Å². The summed E-state index contributed by atoms with van der Waals surface area (Å²) in [6.45, 7) is 6.74. The highest BCUT2D eigenvalue weighted by atomic mass is 16.1. The van der Waals surface area contributed by atoms with Crippen LogP contribution in [-0.4, -0.2) is 18.5 Å². The van der Waals surface area contributed by atoms with Gasteiger partial charge in [0.25, 0.3) is 0 Å². The van der Waals surface area contributed by atoms with Gasteiger partial charge in [0.2, 0.25) is 5.91 Å². The molecule has 0 heterocycles. The van der Waals surface area contributed by atoms with E-state index in [1.165, 1.54) is 12.8 Å². The van der Waals surface area contributed by atoms with Crippen LogP contribution in [0.4, 0.5) is 0 Å². The van der Waals surface area contributed by atoms with Crippen LogP contribution in [0.1, 0.15) is 33.6 Å². The van der Waals surface area contributed by atoms with Gasteiger partial charge in [-0.15, -0.1) is 0 Å². The molecule has 1 saturated carbocycles. The molecule has 1 aliphatic rings. The summed E-state index contributed by atoms with van der Waals surface area (Å²) < 4.78 is 0. The van der Waals surface area contributed by atoms with Crippen molar-refractivity contribution in [2.75, 3.05) is 6.54 Å². The Hall–Kier alpha value is -0.570. The van der Waals surface area contributed by atoms with Crippen LogP contribution in [0, 0.1) is 11.3 Å². The zero-order chi connectivity index (χ0) is 10.1. The van der Waals surface area contributed by atoms with E-state index in [4.69, 9.17) is 5.73 Å². The molecule has 1 rings (SSSR count). The highest BCUT2D eigenvalue weighted by molar-refractivity contribution is 5.78. The third-order valence-corrected chi connectivity index (χ3v) is 3.00. The topological polar surface area (TPSA) is 55.1 Å². The predicted octanol–water partition coefficient (Wildman–Crippen LogP) is 0.886. The van der Waals surface area contributed by atoms with Crippen molar-refractivity contribution < 1.29 is 4.79 Å². The van der Waals surface area contributed by atoms with Gasteiger partial charge in [-0.3, -0.25) is 4.79 Å². The van der Waals surface area contributed by atoms with Crippen molar-refractivity contribution in [2.24, 2.45) is 17.1 Å². The average Bonchev–Trinajstić information content (AvgIpc) is 2.79. The van der Waals surface area contributed by atoms with Gasteiger partial charge in [0.15, 0.2) is 0 Å². The minimum Gasteiger partial charge on any atom is -0.355 e.